The monoisotopic (exact) mass is 202 g/mol. The summed E-state index contributed by atoms with van der Waals surface area (Å²) in [5.74, 6) is 0.847. The largest absolute Gasteiger partial charge is 0.396 e. The zero-order valence-electron chi connectivity index (χ0n) is 10.1. The van der Waals surface area contributed by atoms with Gasteiger partial charge in [0.2, 0.25) is 0 Å². The van der Waals surface area contributed by atoms with Gasteiger partial charge in [-0.05, 0) is 18.8 Å². The molecular weight excluding hydrogens is 176 g/mol. The Morgan fingerprint density at radius 2 is 1.43 bits per heavy atom. The first-order chi connectivity index (χ1) is 6.69. The van der Waals surface area contributed by atoms with E-state index in [-0.39, 0.29) is 0 Å². The molecule has 0 aliphatic rings. The summed E-state index contributed by atoms with van der Waals surface area (Å²) in [6.45, 7) is 8.62. The van der Waals surface area contributed by atoms with Crippen molar-refractivity contribution in [3.8, 4) is 0 Å². The highest BCUT2D eigenvalue weighted by atomic mass is 16.3. The Morgan fingerprint density at radius 1 is 1.00 bits per heavy atom. The van der Waals surface area contributed by atoms with Gasteiger partial charge in [0.15, 0.2) is 0 Å². The maximum atomic E-state index is 9.97. The molecule has 1 N–H and O–H groups in total. The highest BCUT2D eigenvalue weighted by Gasteiger charge is 1.97. The first-order valence-corrected chi connectivity index (χ1v) is 5.75. The van der Waals surface area contributed by atoms with Crippen molar-refractivity contribution in [1.29, 1.82) is 0 Å². The summed E-state index contributed by atoms with van der Waals surface area (Å²) >= 11 is 0. The molecule has 2 nitrogen and oxygen atoms in total. The third kappa shape index (κ3) is 9.72. The molecule has 0 unspecified atom stereocenters. The third-order valence-corrected chi connectivity index (χ3v) is 2.65. The number of carbonyl (C=O) groups excluding carboxylic acids is 1. The molecule has 0 saturated heterocycles. The number of rotatable bonds is 6. The minimum atomic E-state index is 0.306. The molecule has 0 heterocycles. The molecule has 0 bridgehead atoms. The summed E-state index contributed by atoms with van der Waals surface area (Å²) in [4.78, 5) is 9.97. The van der Waals surface area contributed by atoms with Crippen LogP contribution in [0.15, 0.2) is 0 Å². The van der Waals surface area contributed by atoms with E-state index in [0.29, 0.717) is 18.4 Å². The van der Waals surface area contributed by atoms with Crippen molar-refractivity contribution in [2.24, 2.45) is 11.8 Å². The number of aliphatic hydroxyl groups is 1. The molecule has 86 valence electrons. The van der Waals surface area contributed by atoms with Crippen LogP contribution in [0.2, 0.25) is 0 Å². The summed E-state index contributed by atoms with van der Waals surface area (Å²) in [7, 11) is 0. The molecule has 0 spiro atoms. The molecule has 0 aromatic carbocycles. The fourth-order valence-electron chi connectivity index (χ4n) is 1.03. The van der Waals surface area contributed by atoms with E-state index in [1.807, 2.05) is 13.8 Å². The first kappa shape index (κ1) is 16.1. The minimum Gasteiger partial charge on any atom is -0.396 e. The first-order valence-electron chi connectivity index (χ1n) is 5.75. The summed E-state index contributed by atoms with van der Waals surface area (Å²) < 4.78 is 0. The van der Waals surface area contributed by atoms with Gasteiger partial charge in [-0.2, -0.15) is 0 Å². The van der Waals surface area contributed by atoms with Crippen LogP contribution in [-0.2, 0) is 4.79 Å². The van der Waals surface area contributed by atoms with Crippen LogP contribution in [0.3, 0.4) is 0 Å². The molecule has 0 aliphatic heterocycles. The van der Waals surface area contributed by atoms with Gasteiger partial charge < -0.3 is 9.90 Å². The molecule has 0 amide bonds. The lowest BCUT2D eigenvalue weighted by atomic mass is 10.1. The average Bonchev–Trinajstić information content (AvgIpc) is 2.24. The summed E-state index contributed by atoms with van der Waals surface area (Å²) in [5, 5.41) is 8.53. The van der Waals surface area contributed by atoms with Crippen LogP contribution < -0.4 is 0 Å². The lowest BCUT2D eigenvalue weighted by Crippen LogP contribution is -2.01. The van der Waals surface area contributed by atoms with Crippen molar-refractivity contribution >= 4 is 6.29 Å². The highest BCUT2D eigenvalue weighted by Crippen LogP contribution is 2.03. The van der Waals surface area contributed by atoms with Crippen molar-refractivity contribution in [2.75, 3.05) is 6.61 Å². The number of aldehydes is 1. The second-order valence-electron chi connectivity index (χ2n) is 3.58. The zero-order chi connectivity index (χ0) is 11.4. The van der Waals surface area contributed by atoms with Gasteiger partial charge in [0.25, 0.3) is 0 Å². The zero-order valence-corrected chi connectivity index (χ0v) is 10.1. The normalized spacial score (nSPS) is 9.93. The van der Waals surface area contributed by atoms with Crippen molar-refractivity contribution in [3.63, 3.8) is 0 Å². The maximum absolute atomic E-state index is 9.97. The fourth-order valence-corrected chi connectivity index (χ4v) is 1.03. The summed E-state index contributed by atoms with van der Waals surface area (Å²) in [6.07, 6.45) is 5.21. The topological polar surface area (TPSA) is 37.3 Å². The lowest BCUT2D eigenvalue weighted by molar-refractivity contribution is -0.111. The number of hydrogen-bond acceptors (Lipinski definition) is 2. The molecule has 0 rings (SSSR count). The summed E-state index contributed by atoms with van der Waals surface area (Å²) in [5.41, 5.74) is 0. The van der Waals surface area contributed by atoms with Crippen molar-refractivity contribution in [2.45, 2.75) is 53.4 Å². The van der Waals surface area contributed by atoms with E-state index >= 15 is 0 Å². The van der Waals surface area contributed by atoms with E-state index in [4.69, 9.17) is 5.11 Å². The second-order valence-corrected chi connectivity index (χ2v) is 3.58. The molecule has 0 atom stereocenters. The standard InChI is InChI=1S/C6H14O.C6H12O/c2*1-3-6(4-2)5-7/h6-7H,3-5H2,1-2H3;5-6H,3-4H2,1-2H3. The van der Waals surface area contributed by atoms with Gasteiger partial charge in [-0.25, -0.2) is 0 Å². The van der Waals surface area contributed by atoms with Gasteiger partial charge in [-0.1, -0.05) is 40.5 Å². The molecular formula is C12H26O2. The van der Waals surface area contributed by atoms with E-state index < -0.39 is 0 Å². The van der Waals surface area contributed by atoms with Crippen LogP contribution in [0.25, 0.3) is 0 Å². The van der Waals surface area contributed by atoms with Crippen LogP contribution in [-0.4, -0.2) is 18.0 Å². The van der Waals surface area contributed by atoms with Gasteiger partial charge in [0, 0.05) is 12.5 Å². The lowest BCUT2D eigenvalue weighted by Gasteiger charge is -2.04. The van der Waals surface area contributed by atoms with Crippen molar-refractivity contribution in [3.05, 3.63) is 0 Å². The second kappa shape index (κ2) is 12.6. The van der Waals surface area contributed by atoms with Crippen LogP contribution in [0.5, 0.6) is 0 Å². The quantitative estimate of drug-likeness (QED) is 0.672. The molecule has 0 fully saturated rings. The Bertz CT molecular complexity index is 99.4. The Balaban J connectivity index is 0. The van der Waals surface area contributed by atoms with Crippen LogP contribution in [0.4, 0.5) is 0 Å². The predicted octanol–water partition coefficient (Wildman–Crippen LogP) is 3.04. The Labute approximate surface area is 88.7 Å². The molecule has 2 heteroatoms. The van der Waals surface area contributed by atoms with E-state index in [1.54, 1.807) is 0 Å². The number of carbonyl (C=O) groups is 1. The van der Waals surface area contributed by atoms with E-state index in [2.05, 4.69) is 13.8 Å². The smallest absolute Gasteiger partial charge is 0.123 e. The van der Waals surface area contributed by atoms with Gasteiger partial charge in [-0.3, -0.25) is 0 Å². The SMILES string of the molecule is CCC(C=O)CC.CCC(CC)CO. The Morgan fingerprint density at radius 3 is 1.43 bits per heavy atom. The van der Waals surface area contributed by atoms with Gasteiger partial charge in [-0.15, -0.1) is 0 Å². The van der Waals surface area contributed by atoms with Crippen LogP contribution >= 0.6 is 0 Å². The van der Waals surface area contributed by atoms with E-state index in [0.717, 1.165) is 32.0 Å². The van der Waals surface area contributed by atoms with Gasteiger partial charge in [0.05, 0.1) is 0 Å². The minimum absolute atomic E-state index is 0.306. The molecule has 0 aromatic rings. The van der Waals surface area contributed by atoms with Crippen LogP contribution in [0.1, 0.15) is 53.4 Å². The van der Waals surface area contributed by atoms with E-state index in [1.165, 1.54) is 0 Å². The molecule has 0 aliphatic carbocycles. The molecule has 14 heavy (non-hydrogen) atoms. The molecule has 0 radical (unpaired) electrons. The summed E-state index contributed by atoms with van der Waals surface area (Å²) in [6, 6.07) is 0. The highest BCUT2D eigenvalue weighted by molar-refractivity contribution is 5.52. The third-order valence-electron chi connectivity index (χ3n) is 2.65. The molecule has 0 aromatic heterocycles. The van der Waals surface area contributed by atoms with Crippen molar-refractivity contribution in [1.82, 2.24) is 0 Å². The maximum Gasteiger partial charge on any atom is 0.123 e. The predicted molar refractivity (Wildman–Crippen MR) is 61.3 cm³/mol. The fraction of sp³-hybridized carbons (Fsp3) is 0.917. The van der Waals surface area contributed by atoms with Gasteiger partial charge in [0.1, 0.15) is 6.29 Å². The Kier molecular flexibility index (Phi) is 14.5. The van der Waals surface area contributed by atoms with Crippen LogP contribution in [0, 0.1) is 11.8 Å². The number of aliphatic hydroxyl groups excluding tert-OH is 1. The molecule has 0 saturated carbocycles. The Hall–Kier alpha value is -0.370. The van der Waals surface area contributed by atoms with Crippen molar-refractivity contribution < 1.29 is 9.90 Å². The number of hydrogen-bond donors (Lipinski definition) is 1. The van der Waals surface area contributed by atoms with Gasteiger partial charge >= 0.3 is 0 Å². The van der Waals surface area contributed by atoms with E-state index in [9.17, 15) is 4.79 Å². The average molecular weight is 202 g/mol.